The van der Waals surface area contributed by atoms with Crippen LogP contribution in [-0.2, 0) is 4.57 Å². The largest absolute Gasteiger partial charge is 0.396 e. The molecule has 13 heavy (non-hydrogen) atoms. The van der Waals surface area contributed by atoms with Crippen LogP contribution in [-0.4, -0.2) is 27.7 Å². The molecule has 0 aliphatic heterocycles. The third kappa shape index (κ3) is 12.1. The molecule has 0 spiro atoms. The summed E-state index contributed by atoms with van der Waals surface area (Å²) in [5.74, 6) is 0. The fraction of sp³-hybridized carbons (Fsp3) is 1.00. The Kier molecular flexibility index (Phi) is 7.57. The van der Waals surface area contributed by atoms with Crippen LogP contribution in [0.4, 0.5) is 0 Å². The van der Waals surface area contributed by atoms with Gasteiger partial charge in [-0.2, -0.15) is 0 Å². The second kappa shape index (κ2) is 7.51. The molecular weight excluding hydrogens is 191 g/mol. The zero-order chi connectivity index (χ0) is 10.2. The Labute approximate surface area is 79.1 Å². The normalized spacial score (nSPS) is 11.9. The third-order valence-corrected chi connectivity index (χ3v) is 2.76. The minimum Gasteiger partial charge on any atom is -0.396 e. The van der Waals surface area contributed by atoms with Crippen molar-refractivity contribution in [3.8, 4) is 0 Å². The Morgan fingerprint density at radius 3 is 1.77 bits per heavy atom. The predicted molar refractivity (Wildman–Crippen MR) is 51.7 cm³/mol. The molecule has 0 aliphatic rings. The van der Waals surface area contributed by atoms with Crippen molar-refractivity contribution in [3.63, 3.8) is 0 Å². The second-order valence-electron chi connectivity index (χ2n) is 3.23. The molecule has 0 aromatic heterocycles. The number of hydrogen-bond donors (Lipinski definition) is 3. The summed E-state index contributed by atoms with van der Waals surface area (Å²) in [5.41, 5.74) is 0. The van der Waals surface area contributed by atoms with E-state index < -0.39 is 7.60 Å². The van der Waals surface area contributed by atoms with E-state index in [2.05, 4.69) is 0 Å². The van der Waals surface area contributed by atoms with Crippen LogP contribution in [0.1, 0.15) is 38.5 Å². The first kappa shape index (κ1) is 13.1. The standard InChI is InChI=1S/C8H19O4P/c9-7-5-3-1-2-4-6-8-13(10,11)12/h9H,1-8H2,(H2,10,11,12). The number of aliphatic hydroxyl groups is 1. The fourth-order valence-corrected chi connectivity index (χ4v) is 1.77. The van der Waals surface area contributed by atoms with Crippen LogP contribution in [0.2, 0.25) is 0 Å². The van der Waals surface area contributed by atoms with Gasteiger partial charge in [-0.05, 0) is 12.8 Å². The Balaban J connectivity index is 3.04. The smallest absolute Gasteiger partial charge is 0.325 e. The number of rotatable bonds is 8. The highest BCUT2D eigenvalue weighted by molar-refractivity contribution is 7.51. The maximum atomic E-state index is 10.4. The molecule has 80 valence electrons. The molecule has 0 amide bonds. The van der Waals surface area contributed by atoms with E-state index in [0.717, 1.165) is 32.1 Å². The van der Waals surface area contributed by atoms with Crippen molar-refractivity contribution in [3.05, 3.63) is 0 Å². The Bertz CT molecular complexity index is 154. The molecule has 0 saturated carbocycles. The van der Waals surface area contributed by atoms with Crippen molar-refractivity contribution in [1.82, 2.24) is 0 Å². The van der Waals surface area contributed by atoms with E-state index in [1.807, 2.05) is 0 Å². The average molecular weight is 210 g/mol. The van der Waals surface area contributed by atoms with Crippen LogP contribution in [0.3, 0.4) is 0 Å². The van der Waals surface area contributed by atoms with Crippen molar-refractivity contribution in [1.29, 1.82) is 0 Å². The van der Waals surface area contributed by atoms with Gasteiger partial charge in [-0.1, -0.05) is 25.7 Å². The van der Waals surface area contributed by atoms with Crippen molar-refractivity contribution in [2.75, 3.05) is 12.8 Å². The van der Waals surface area contributed by atoms with Crippen molar-refractivity contribution >= 4 is 7.60 Å². The van der Waals surface area contributed by atoms with E-state index in [9.17, 15) is 4.57 Å². The topological polar surface area (TPSA) is 77.8 Å². The van der Waals surface area contributed by atoms with Gasteiger partial charge in [0.1, 0.15) is 0 Å². The Morgan fingerprint density at radius 2 is 1.31 bits per heavy atom. The summed E-state index contributed by atoms with van der Waals surface area (Å²) in [6.45, 7) is 0.239. The van der Waals surface area contributed by atoms with Crippen LogP contribution in [0.5, 0.6) is 0 Å². The number of unbranched alkanes of at least 4 members (excludes halogenated alkanes) is 5. The van der Waals surface area contributed by atoms with Gasteiger partial charge in [0.15, 0.2) is 0 Å². The third-order valence-electron chi connectivity index (χ3n) is 1.86. The molecule has 0 atom stereocenters. The first-order valence-corrected chi connectivity index (χ1v) is 6.51. The molecule has 3 N–H and O–H groups in total. The van der Waals surface area contributed by atoms with E-state index in [1.165, 1.54) is 0 Å². The maximum Gasteiger partial charge on any atom is 0.325 e. The first-order chi connectivity index (χ1) is 6.06. The van der Waals surface area contributed by atoms with Crippen molar-refractivity contribution < 1.29 is 19.5 Å². The molecular formula is C8H19O4P. The van der Waals surface area contributed by atoms with Gasteiger partial charge in [0, 0.05) is 12.8 Å². The molecule has 0 saturated heterocycles. The highest BCUT2D eigenvalue weighted by Gasteiger charge is 2.10. The Morgan fingerprint density at radius 1 is 0.846 bits per heavy atom. The summed E-state index contributed by atoms with van der Waals surface area (Å²) in [6, 6.07) is 0. The van der Waals surface area contributed by atoms with Gasteiger partial charge < -0.3 is 14.9 Å². The van der Waals surface area contributed by atoms with Crippen molar-refractivity contribution in [2.45, 2.75) is 38.5 Å². The van der Waals surface area contributed by atoms with Gasteiger partial charge in [0.2, 0.25) is 0 Å². The van der Waals surface area contributed by atoms with Crippen LogP contribution in [0.25, 0.3) is 0 Å². The van der Waals surface area contributed by atoms with E-state index in [-0.39, 0.29) is 12.8 Å². The lowest BCUT2D eigenvalue weighted by Gasteiger charge is -2.02. The lowest BCUT2D eigenvalue weighted by atomic mass is 10.1. The summed E-state index contributed by atoms with van der Waals surface area (Å²) in [7, 11) is -3.77. The van der Waals surface area contributed by atoms with Gasteiger partial charge in [-0.3, -0.25) is 4.57 Å². The summed E-state index contributed by atoms with van der Waals surface area (Å²) in [4.78, 5) is 17.1. The summed E-state index contributed by atoms with van der Waals surface area (Å²) in [5, 5.41) is 8.47. The molecule has 0 aromatic rings. The molecule has 4 nitrogen and oxygen atoms in total. The fourth-order valence-electron chi connectivity index (χ4n) is 1.14. The summed E-state index contributed by atoms with van der Waals surface area (Å²) in [6.07, 6.45) is 5.36. The minimum absolute atomic E-state index is 0.00694. The molecule has 0 fully saturated rings. The molecule has 0 rings (SSSR count). The summed E-state index contributed by atoms with van der Waals surface area (Å²) < 4.78 is 10.4. The monoisotopic (exact) mass is 210 g/mol. The van der Waals surface area contributed by atoms with E-state index >= 15 is 0 Å². The summed E-state index contributed by atoms with van der Waals surface area (Å²) >= 11 is 0. The first-order valence-electron chi connectivity index (χ1n) is 4.72. The van der Waals surface area contributed by atoms with E-state index in [4.69, 9.17) is 14.9 Å². The molecule has 0 bridgehead atoms. The van der Waals surface area contributed by atoms with Crippen molar-refractivity contribution in [2.24, 2.45) is 0 Å². The minimum atomic E-state index is -3.77. The Hall–Kier alpha value is 0.110. The molecule has 0 aromatic carbocycles. The number of hydrogen-bond acceptors (Lipinski definition) is 2. The highest BCUT2D eigenvalue weighted by Crippen LogP contribution is 2.35. The zero-order valence-corrected chi connectivity index (χ0v) is 8.75. The molecule has 5 heteroatoms. The molecule has 0 radical (unpaired) electrons. The lowest BCUT2D eigenvalue weighted by Crippen LogP contribution is -1.89. The van der Waals surface area contributed by atoms with E-state index in [1.54, 1.807) is 0 Å². The van der Waals surface area contributed by atoms with Gasteiger partial charge in [-0.15, -0.1) is 0 Å². The quantitative estimate of drug-likeness (QED) is 0.419. The molecule has 0 unspecified atom stereocenters. The highest BCUT2D eigenvalue weighted by atomic mass is 31.2. The second-order valence-corrected chi connectivity index (χ2v) is 5.01. The molecule has 0 aliphatic carbocycles. The maximum absolute atomic E-state index is 10.4. The lowest BCUT2D eigenvalue weighted by molar-refractivity contribution is 0.282. The van der Waals surface area contributed by atoms with Gasteiger partial charge >= 0.3 is 7.60 Å². The predicted octanol–water partition coefficient (Wildman–Crippen LogP) is 1.50. The van der Waals surface area contributed by atoms with Gasteiger partial charge in [0.05, 0.1) is 0 Å². The zero-order valence-electron chi connectivity index (χ0n) is 7.85. The van der Waals surface area contributed by atoms with E-state index in [0.29, 0.717) is 6.42 Å². The van der Waals surface area contributed by atoms with Crippen LogP contribution >= 0.6 is 7.60 Å². The van der Waals surface area contributed by atoms with Crippen LogP contribution < -0.4 is 0 Å². The van der Waals surface area contributed by atoms with Gasteiger partial charge in [-0.25, -0.2) is 0 Å². The average Bonchev–Trinajstić information content (AvgIpc) is 2.01. The molecule has 0 heterocycles. The van der Waals surface area contributed by atoms with Gasteiger partial charge in [0.25, 0.3) is 0 Å². The van der Waals surface area contributed by atoms with Crippen LogP contribution in [0.15, 0.2) is 0 Å². The van der Waals surface area contributed by atoms with Crippen LogP contribution in [0, 0.1) is 0 Å². The number of aliphatic hydroxyl groups excluding tert-OH is 1. The SMILES string of the molecule is O=P(O)(O)CCCCCCCCO.